The molecule has 0 aliphatic heterocycles. The zero-order chi connectivity index (χ0) is 11.4. The molecule has 15 heavy (non-hydrogen) atoms. The summed E-state index contributed by atoms with van der Waals surface area (Å²) in [6.45, 7) is 0. The molecular weight excluding hydrogens is 262 g/mol. The van der Waals surface area contributed by atoms with Crippen molar-refractivity contribution in [3.8, 4) is 0 Å². The predicted molar refractivity (Wildman–Crippen MR) is 59.1 cm³/mol. The van der Waals surface area contributed by atoms with Gasteiger partial charge in [0.15, 0.2) is 0 Å². The molecule has 5 heteroatoms. The van der Waals surface area contributed by atoms with E-state index in [-0.39, 0.29) is 0 Å². The van der Waals surface area contributed by atoms with Gasteiger partial charge in [0.25, 0.3) is 0 Å². The van der Waals surface area contributed by atoms with E-state index in [2.05, 4.69) is 20.7 Å². The second-order valence-electron chi connectivity index (χ2n) is 3.05. The number of hydrogen-bond acceptors (Lipinski definition) is 4. The SMILES string of the molecule is COC(=O)C(N)C(O)c1ccc(Br)cc1. The number of methoxy groups -OCH3 is 1. The van der Waals surface area contributed by atoms with Gasteiger partial charge in [0, 0.05) is 4.47 Å². The van der Waals surface area contributed by atoms with Crippen LogP contribution in [0.4, 0.5) is 0 Å². The lowest BCUT2D eigenvalue weighted by atomic mass is 10.0. The summed E-state index contributed by atoms with van der Waals surface area (Å²) < 4.78 is 5.34. The molecule has 2 atom stereocenters. The van der Waals surface area contributed by atoms with Gasteiger partial charge < -0.3 is 15.6 Å². The van der Waals surface area contributed by atoms with Crippen LogP contribution in [0.3, 0.4) is 0 Å². The first-order chi connectivity index (χ1) is 7.06. The van der Waals surface area contributed by atoms with E-state index in [0.717, 1.165) is 4.47 Å². The number of hydrogen-bond donors (Lipinski definition) is 2. The lowest BCUT2D eigenvalue weighted by molar-refractivity contribution is -0.145. The Balaban J connectivity index is 2.80. The van der Waals surface area contributed by atoms with Gasteiger partial charge in [-0.05, 0) is 17.7 Å². The van der Waals surface area contributed by atoms with Gasteiger partial charge in [-0.2, -0.15) is 0 Å². The molecule has 1 aromatic carbocycles. The minimum absolute atomic E-state index is 0.580. The smallest absolute Gasteiger partial charge is 0.325 e. The van der Waals surface area contributed by atoms with E-state index >= 15 is 0 Å². The van der Waals surface area contributed by atoms with Gasteiger partial charge >= 0.3 is 5.97 Å². The highest BCUT2D eigenvalue weighted by atomic mass is 79.9. The lowest BCUT2D eigenvalue weighted by Crippen LogP contribution is -2.37. The van der Waals surface area contributed by atoms with Crippen LogP contribution in [0, 0.1) is 0 Å². The fraction of sp³-hybridized carbons (Fsp3) is 0.300. The number of halogens is 1. The van der Waals surface area contributed by atoms with Crippen molar-refractivity contribution in [2.45, 2.75) is 12.1 Å². The zero-order valence-corrected chi connectivity index (χ0v) is 9.77. The van der Waals surface area contributed by atoms with Crippen LogP contribution in [0.5, 0.6) is 0 Å². The molecular formula is C10H12BrNO3. The highest BCUT2D eigenvalue weighted by molar-refractivity contribution is 9.10. The number of nitrogens with two attached hydrogens (primary N) is 1. The number of aliphatic hydroxyl groups is 1. The molecule has 0 radical (unpaired) electrons. The molecule has 0 aliphatic carbocycles. The molecule has 0 spiro atoms. The molecule has 3 N–H and O–H groups in total. The van der Waals surface area contributed by atoms with Crippen molar-refractivity contribution in [3.05, 3.63) is 34.3 Å². The summed E-state index contributed by atoms with van der Waals surface area (Å²) in [5, 5.41) is 9.74. The maximum Gasteiger partial charge on any atom is 0.325 e. The molecule has 0 heterocycles. The maximum absolute atomic E-state index is 11.1. The fourth-order valence-corrected chi connectivity index (χ4v) is 1.40. The van der Waals surface area contributed by atoms with Gasteiger partial charge in [0.2, 0.25) is 0 Å². The van der Waals surface area contributed by atoms with Crippen LogP contribution in [-0.4, -0.2) is 24.2 Å². The summed E-state index contributed by atoms with van der Waals surface area (Å²) in [5.74, 6) is -0.634. The number of esters is 1. The molecule has 2 unspecified atom stereocenters. The van der Waals surface area contributed by atoms with Crippen molar-refractivity contribution in [1.82, 2.24) is 0 Å². The van der Waals surface area contributed by atoms with Crippen molar-refractivity contribution < 1.29 is 14.6 Å². The fourth-order valence-electron chi connectivity index (χ4n) is 1.13. The van der Waals surface area contributed by atoms with Gasteiger partial charge in [-0.3, -0.25) is 4.79 Å². The molecule has 1 rings (SSSR count). The minimum Gasteiger partial charge on any atom is -0.468 e. The molecule has 0 bridgehead atoms. The number of benzene rings is 1. The maximum atomic E-state index is 11.1. The number of aliphatic hydroxyl groups excluding tert-OH is 1. The third kappa shape index (κ3) is 3.02. The Morgan fingerprint density at radius 2 is 2.00 bits per heavy atom. The second-order valence-corrected chi connectivity index (χ2v) is 3.96. The minimum atomic E-state index is -1.06. The van der Waals surface area contributed by atoms with E-state index in [1.165, 1.54) is 7.11 Å². The molecule has 0 saturated carbocycles. The molecule has 1 aromatic rings. The molecule has 4 nitrogen and oxygen atoms in total. The Hall–Kier alpha value is -0.910. The summed E-state index contributed by atoms with van der Waals surface area (Å²) in [4.78, 5) is 11.1. The highest BCUT2D eigenvalue weighted by Gasteiger charge is 2.24. The molecule has 0 saturated heterocycles. The van der Waals surface area contributed by atoms with E-state index in [4.69, 9.17) is 5.73 Å². The topological polar surface area (TPSA) is 72.5 Å². The number of rotatable bonds is 3. The summed E-state index contributed by atoms with van der Waals surface area (Å²) in [6.07, 6.45) is -1.05. The Morgan fingerprint density at radius 1 is 1.47 bits per heavy atom. The molecule has 0 aromatic heterocycles. The summed E-state index contributed by atoms with van der Waals surface area (Å²) >= 11 is 3.27. The van der Waals surface area contributed by atoms with Gasteiger partial charge in [-0.1, -0.05) is 28.1 Å². The third-order valence-corrected chi connectivity index (χ3v) is 2.55. The predicted octanol–water partition coefficient (Wildman–Crippen LogP) is 0.983. The normalized spacial score (nSPS) is 14.4. The van der Waals surface area contributed by atoms with Gasteiger partial charge in [0.05, 0.1) is 7.11 Å². The number of carbonyl (C=O) groups excluding carboxylic acids is 1. The van der Waals surface area contributed by atoms with E-state index < -0.39 is 18.1 Å². The summed E-state index contributed by atoms with van der Waals surface area (Å²) in [7, 11) is 1.23. The first-order valence-corrected chi connectivity index (χ1v) is 5.12. The van der Waals surface area contributed by atoms with Crippen molar-refractivity contribution in [3.63, 3.8) is 0 Å². The van der Waals surface area contributed by atoms with Crippen LogP contribution in [0.25, 0.3) is 0 Å². The van der Waals surface area contributed by atoms with Crippen molar-refractivity contribution >= 4 is 21.9 Å². The van der Waals surface area contributed by atoms with E-state index in [9.17, 15) is 9.90 Å². The Bertz CT molecular complexity index is 339. The number of ether oxygens (including phenoxy) is 1. The average Bonchev–Trinajstić information content (AvgIpc) is 2.27. The van der Waals surface area contributed by atoms with Crippen LogP contribution in [0.2, 0.25) is 0 Å². The monoisotopic (exact) mass is 273 g/mol. The van der Waals surface area contributed by atoms with Gasteiger partial charge in [-0.25, -0.2) is 0 Å². The lowest BCUT2D eigenvalue weighted by Gasteiger charge is -2.16. The standard InChI is InChI=1S/C10H12BrNO3/c1-15-10(14)8(12)9(13)6-2-4-7(11)5-3-6/h2-5,8-9,13H,12H2,1H3. The van der Waals surface area contributed by atoms with Crippen LogP contribution >= 0.6 is 15.9 Å². The second kappa shape index (κ2) is 5.25. The van der Waals surface area contributed by atoms with Crippen LogP contribution in [0.1, 0.15) is 11.7 Å². The Morgan fingerprint density at radius 3 is 2.47 bits per heavy atom. The highest BCUT2D eigenvalue weighted by Crippen LogP contribution is 2.19. The van der Waals surface area contributed by atoms with Crippen LogP contribution < -0.4 is 5.73 Å². The van der Waals surface area contributed by atoms with Crippen molar-refractivity contribution in [1.29, 1.82) is 0 Å². The summed E-state index contributed by atoms with van der Waals surface area (Å²) in [6, 6.07) is 5.86. The summed E-state index contributed by atoms with van der Waals surface area (Å²) in [5.41, 5.74) is 6.08. The first-order valence-electron chi connectivity index (χ1n) is 4.33. The largest absolute Gasteiger partial charge is 0.468 e. The van der Waals surface area contributed by atoms with Crippen molar-refractivity contribution in [2.24, 2.45) is 5.73 Å². The van der Waals surface area contributed by atoms with E-state index in [1.54, 1.807) is 24.3 Å². The first kappa shape index (κ1) is 12.2. The number of carbonyl (C=O) groups is 1. The van der Waals surface area contributed by atoms with Crippen LogP contribution in [0.15, 0.2) is 28.7 Å². The third-order valence-electron chi connectivity index (χ3n) is 2.03. The molecule has 0 aliphatic rings. The quantitative estimate of drug-likeness (QED) is 0.806. The van der Waals surface area contributed by atoms with Gasteiger partial charge in [0.1, 0.15) is 12.1 Å². The molecule has 0 fully saturated rings. The van der Waals surface area contributed by atoms with Crippen LogP contribution in [-0.2, 0) is 9.53 Å². The van der Waals surface area contributed by atoms with E-state index in [0.29, 0.717) is 5.56 Å². The average molecular weight is 274 g/mol. The van der Waals surface area contributed by atoms with Gasteiger partial charge in [-0.15, -0.1) is 0 Å². The van der Waals surface area contributed by atoms with Crippen molar-refractivity contribution in [2.75, 3.05) is 7.11 Å². The van der Waals surface area contributed by atoms with E-state index in [1.807, 2.05) is 0 Å². The Labute approximate surface area is 96.2 Å². The molecule has 82 valence electrons. The Kier molecular flexibility index (Phi) is 4.26. The molecule has 0 amide bonds. The zero-order valence-electron chi connectivity index (χ0n) is 8.18.